The average molecular weight is 340 g/mol. The van der Waals surface area contributed by atoms with Crippen molar-refractivity contribution in [2.24, 2.45) is 0 Å². The fourth-order valence-corrected chi connectivity index (χ4v) is 3.77. The third-order valence-electron chi connectivity index (χ3n) is 4.01. The van der Waals surface area contributed by atoms with Gasteiger partial charge in [0.1, 0.15) is 0 Å². The number of nitrogens with zero attached hydrogens (tertiary/aromatic N) is 1. The first kappa shape index (κ1) is 17.9. The molecule has 1 saturated heterocycles. The molecule has 1 fully saturated rings. The highest BCUT2D eigenvalue weighted by atomic mass is 32.2. The lowest BCUT2D eigenvalue weighted by Gasteiger charge is -2.21. The molecule has 0 bridgehead atoms. The number of carbonyl (C=O) groups excluding carboxylic acids is 1. The molecule has 0 aromatic heterocycles. The summed E-state index contributed by atoms with van der Waals surface area (Å²) in [5, 5.41) is 2.80. The van der Waals surface area contributed by atoms with E-state index in [1.165, 1.54) is 23.5 Å². The topological polar surface area (TPSA) is 75.7 Å². The summed E-state index contributed by atoms with van der Waals surface area (Å²) in [6, 6.07) is 5.96. The van der Waals surface area contributed by atoms with Crippen molar-refractivity contribution >= 4 is 15.9 Å². The first-order chi connectivity index (χ1) is 10.8. The maximum absolute atomic E-state index is 12.5. The van der Waals surface area contributed by atoms with Gasteiger partial charge in [-0.05, 0) is 44.9 Å². The molecular weight excluding hydrogens is 316 g/mol. The van der Waals surface area contributed by atoms with Gasteiger partial charge in [0, 0.05) is 31.8 Å². The Morgan fingerprint density at radius 1 is 1.43 bits per heavy atom. The van der Waals surface area contributed by atoms with E-state index in [4.69, 9.17) is 4.74 Å². The minimum Gasteiger partial charge on any atom is -0.376 e. The van der Waals surface area contributed by atoms with Crippen LogP contribution in [0.25, 0.3) is 0 Å². The van der Waals surface area contributed by atoms with E-state index >= 15 is 0 Å². The van der Waals surface area contributed by atoms with Crippen LogP contribution in [0.3, 0.4) is 0 Å². The second-order valence-corrected chi connectivity index (χ2v) is 7.99. The van der Waals surface area contributed by atoms with Crippen molar-refractivity contribution < 1.29 is 17.9 Å². The first-order valence-electron chi connectivity index (χ1n) is 7.80. The molecule has 128 valence electrons. The SMILES string of the molecule is CC(C)N(C)S(=O)(=O)c1cccc(C(=O)NCC2CCCO2)c1. The molecule has 0 aliphatic carbocycles. The molecule has 1 aromatic carbocycles. The Morgan fingerprint density at radius 2 is 2.17 bits per heavy atom. The number of sulfonamides is 1. The number of benzene rings is 1. The lowest BCUT2D eigenvalue weighted by atomic mass is 10.2. The van der Waals surface area contributed by atoms with Crippen LogP contribution in [0.1, 0.15) is 37.0 Å². The van der Waals surface area contributed by atoms with E-state index in [9.17, 15) is 13.2 Å². The molecule has 1 N–H and O–H groups in total. The molecule has 1 unspecified atom stereocenters. The van der Waals surface area contributed by atoms with E-state index in [2.05, 4.69) is 5.32 Å². The summed E-state index contributed by atoms with van der Waals surface area (Å²) in [5.74, 6) is -0.287. The zero-order valence-corrected chi connectivity index (χ0v) is 14.6. The Hall–Kier alpha value is -1.44. The van der Waals surface area contributed by atoms with Crippen LogP contribution in [0.5, 0.6) is 0 Å². The summed E-state index contributed by atoms with van der Waals surface area (Å²) in [6.45, 7) is 4.78. The third kappa shape index (κ3) is 4.31. The summed E-state index contributed by atoms with van der Waals surface area (Å²) < 4.78 is 31.7. The summed E-state index contributed by atoms with van der Waals surface area (Å²) in [5.41, 5.74) is 0.334. The van der Waals surface area contributed by atoms with Gasteiger partial charge in [-0.15, -0.1) is 0 Å². The van der Waals surface area contributed by atoms with E-state index in [0.717, 1.165) is 19.4 Å². The lowest BCUT2D eigenvalue weighted by Crippen LogP contribution is -2.34. The summed E-state index contributed by atoms with van der Waals surface area (Å²) >= 11 is 0. The van der Waals surface area contributed by atoms with Crippen LogP contribution < -0.4 is 5.32 Å². The molecule has 1 aromatic rings. The van der Waals surface area contributed by atoms with E-state index in [-0.39, 0.29) is 22.9 Å². The number of hydrogen-bond acceptors (Lipinski definition) is 4. The number of amides is 1. The maximum atomic E-state index is 12.5. The maximum Gasteiger partial charge on any atom is 0.251 e. The minimum atomic E-state index is -3.60. The quantitative estimate of drug-likeness (QED) is 0.854. The van der Waals surface area contributed by atoms with Gasteiger partial charge in [-0.2, -0.15) is 4.31 Å². The minimum absolute atomic E-state index is 0.0536. The van der Waals surface area contributed by atoms with Gasteiger partial charge in [-0.25, -0.2) is 8.42 Å². The van der Waals surface area contributed by atoms with Crippen LogP contribution in [0, 0.1) is 0 Å². The van der Waals surface area contributed by atoms with Crippen LogP contribution >= 0.6 is 0 Å². The van der Waals surface area contributed by atoms with Gasteiger partial charge in [0.25, 0.3) is 5.91 Å². The summed E-state index contributed by atoms with van der Waals surface area (Å²) in [4.78, 5) is 12.3. The van der Waals surface area contributed by atoms with Gasteiger partial charge in [0.2, 0.25) is 10.0 Å². The molecule has 7 heteroatoms. The van der Waals surface area contributed by atoms with Crippen molar-refractivity contribution in [3.63, 3.8) is 0 Å². The molecule has 23 heavy (non-hydrogen) atoms. The Balaban J connectivity index is 2.11. The number of ether oxygens (including phenoxy) is 1. The Labute approximate surface area is 137 Å². The normalized spacial score (nSPS) is 18.6. The predicted molar refractivity (Wildman–Crippen MR) is 87.8 cm³/mol. The zero-order valence-electron chi connectivity index (χ0n) is 13.8. The standard InChI is InChI=1S/C16H24N2O4S/c1-12(2)18(3)23(20,21)15-8-4-6-13(10-15)16(19)17-11-14-7-5-9-22-14/h4,6,8,10,12,14H,5,7,9,11H2,1-3H3,(H,17,19). The molecule has 1 aliphatic heterocycles. The van der Waals surface area contributed by atoms with Crippen molar-refractivity contribution in [2.45, 2.75) is 43.7 Å². The van der Waals surface area contributed by atoms with Crippen molar-refractivity contribution in [2.75, 3.05) is 20.2 Å². The predicted octanol–water partition coefficient (Wildman–Crippen LogP) is 1.62. The fourth-order valence-electron chi connectivity index (χ4n) is 2.36. The van der Waals surface area contributed by atoms with Crippen LogP contribution in [-0.2, 0) is 14.8 Å². The Kier molecular flexibility index (Phi) is 5.78. The molecule has 0 saturated carbocycles. The molecule has 6 nitrogen and oxygen atoms in total. The van der Waals surface area contributed by atoms with E-state index in [1.54, 1.807) is 26.0 Å². The largest absolute Gasteiger partial charge is 0.376 e. The second-order valence-electron chi connectivity index (χ2n) is 5.99. The van der Waals surface area contributed by atoms with Crippen molar-refractivity contribution in [3.8, 4) is 0 Å². The van der Waals surface area contributed by atoms with Crippen LogP contribution in [0.15, 0.2) is 29.2 Å². The fraction of sp³-hybridized carbons (Fsp3) is 0.562. The van der Waals surface area contributed by atoms with Crippen LogP contribution in [0.4, 0.5) is 0 Å². The summed E-state index contributed by atoms with van der Waals surface area (Å²) in [6.07, 6.45) is 2.00. The van der Waals surface area contributed by atoms with Gasteiger partial charge >= 0.3 is 0 Å². The zero-order chi connectivity index (χ0) is 17.0. The molecule has 0 radical (unpaired) electrons. The van der Waals surface area contributed by atoms with E-state index in [1.807, 2.05) is 0 Å². The molecule has 1 heterocycles. The molecule has 1 aliphatic rings. The van der Waals surface area contributed by atoms with Crippen molar-refractivity contribution in [3.05, 3.63) is 29.8 Å². The highest BCUT2D eigenvalue weighted by molar-refractivity contribution is 7.89. The third-order valence-corrected chi connectivity index (χ3v) is 6.04. The van der Waals surface area contributed by atoms with E-state index in [0.29, 0.717) is 12.1 Å². The summed E-state index contributed by atoms with van der Waals surface area (Å²) in [7, 11) is -2.06. The molecular formula is C16H24N2O4S. The average Bonchev–Trinajstić information content (AvgIpc) is 3.05. The molecule has 1 amide bonds. The van der Waals surface area contributed by atoms with Crippen LogP contribution in [-0.4, -0.2) is 51.0 Å². The number of hydrogen-bond donors (Lipinski definition) is 1. The second kappa shape index (κ2) is 7.42. The van der Waals surface area contributed by atoms with Gasteiger partial charge in [0.05, 0.1) is 11.0 Å². The van der Waals surface area contributed by atoms with Gasteiger partial charge in [-0.1, -0.05) is 6.07 Å². The molecule has 0 spiro atoms. The molecule has 2 rings (SSSR count). The van der Waals surface area contributed by atoms with Gasteiger partial charge < -0.3 is 10.1 Å². The van der Waals surface area contributed by atoms with Crippen molar-refractivity contribution in [1.29, 1.82) is 0 Å². The monoisotopic (exact) mass is 340 g/mol. The lowest BCUT2D eigenvalue weighted by molar-refractivity contribution is 0.0857. The highest BCUT2D eigenvalue weighted by Crippen LogP contribution is 2.18. The highest BCUT2D eigenvalue weighted by Gasteiger charge is 2.24. The Bertz CT molecular complexity index is 652. The number of rotatable bonds is 6. The first-order valence-corrected chi connectivity index (χ1v) is 9.24. The van der Waals surface area contributed by atoms with Crippen molar-refractivity contribution in [1.82, 2.24) is 9.62 Å². The smallest absolute Gasteiger partial charge is 0.251 e. The number of nitrogens with one attached hydrogen (secondary N) is 1. The Morgan fingerprint density at radius 3 is 2.78 bits per heavy atom. The van der Waals surface area contributed by atoms with E-state index < -0.39 is 10.0 Å². The number of carbonyl (C=O) groups is 1. The van der Waals surface area contributed by atoms with Crippen LogP contribution in [0.2, 0.25) is 0 Å². The van der Waals surface area contributed by atoms with Gasteiger partial charge in [-0.3, -0.25) is 4.79 Å². The molecule has 1 atom stereocenters. The van der Waals surface area contributed by atoms with Gasteiger partial charge in [0.15, 0.2) is 0 Å².